The molecular formula is C19H28N2O. The van der Waals surface area contributed by atoms with Gasteiger partial charge in [-0.25, -0.2) is 0 Å². The molecular weight excluding hydrogens is 272 g/mol. The Bertz CT molecular complexity index is 510. The highest BCUT2D eigenvalue weighted by Crippen LogP contribution is 2.58. The summed E-state index contributed by atoms with van der Waals surface area (Å²) in [6, 6.07) is 8.07. The number of carbonyl (C=O) groups is 1. The van der Waals surface area contributed by atoms with Crippen LogP contribution >= 0.6 is 0 Å². The first kappa shape index (κ1) is 15.5. The molecule has 0 spiro atoms. The number of amides is 1. The van der Waals surface area contributed by atoms with Crippen LogP contribution in [0.3, 0.4) is 0 Å². The smallest absolute Gasteiger partial charge is 0.224 e. The van der Waals surface area contributed by atoms with E-state index in [0.717, 1.165) is 12.1 Å². The number of fused-ring (bicyclic) bond motifs is 3. The largest absolute Gasteiger partial charge is 0.330 e. The normalized spacial score (nSPS) is 30.3. The van der Waals surface area contributed by atoms with E-state index in [1.165, 1.54) is 44.1 Å². The summed E-state index contributed by atoms with van der Waals surface area (Å²) in [4.78, 5) is 12.4. The maximum atomic E-state index is 12.4. The van der Waals surface area contributed by atoms with Crippen molar-refractivity contribution >= 4 is 11.6 Å². The van der Waals surface area contributed by atoms with Crippen molar-refractivity contribution in [2.75, 3.05) is 11.9 Å². The van der Waals surface area contributed by atoms with Gasteiger partial charge in [-0.15, -0.1) is 0 Å². The second kappa shape index (κ2) is 6.04. The van der Waals surface area contributed by atoms with Crippen LogP contribution in [0, 0.1) is 10.8 Å². The van der Waals surface area contributed by atoms with Gasteiger partial charge in [0.25, 0.3) is 0 Å². The molecule has 120 valence electrons. The van der Waals surface area contributed by atoms with Crippen LogP contribution in [0.1, 0.15) is 57.4 Å². The van der Waals surface area contributed by atoms with E-state index >= 15 is 0 Å². The Morgan fingerprint density at radius 1 is 1.09 bits per heavy atom. The van der Waals surface area contributed by atoms with Crippen LogP contribution < -0.4 is 11.1 Å². The van der Waals surface area contributed by atoms with Gasteiger partial charge < -0.3 is 11.1 Å². The number of hydrogen-bond acceptors (Lipinski definition) is 2. The second-order valence-corrected chi connectivity index (χ2v) is 7.77. The summed E-state index contributed by atoms with van der Waals surface area (Å²) in [5, 5.41) is 3.07. The fourth-order valence-corrected chi connectivity index (χ4v) is 4.18. The molecule has 0 saturated heterocycles. The van der Waals surface area contributed by atoms with Gasteiger partial charge in [0.15, 0.2) is 0 Å². The first-order valence-corrected chi connectivity index (χ1v) is 8.62. The summed E-state index contributed by atoms with van der Waals surface area (Å²) in [6.45, 7) is 3.08. The number of nitrogens with two attached hydrogens (primary N) is 1. The molecule has 1 amide bonds. The van der Waals surface area contributed by atoms with Crippen molar-refractivity contribution < 1.29 is 4.79 Å². The molecule has 1 aromatic carbocycles. The zero-order valence-electron chi connectivity index (χ0n) is 13.7. The van der Waals surface area contributed by atoms with Gasteiger partial charge in [-0.1, -0.05) is 19.1 Å². The van der Waals surface area contributed by atoms with Gasteiger partial charge in [-0.3, -0.25) is 4.79 Å². The third-order valence-electron chi connectivity index (χ3n) is 5.98. The van der Waals surface area contributed by atoms with Gasteiger partial charge >= 0.3 is 0 Å². The number of rotatable bonds is 5. The molecule has 0 aliphatic heterocycles. The number of hydrogen-bond donors (Lipinski definition) is 2. The van der Waals surface area contributed by atoms with Crippen molar-refractivity contribution in [2.24, 2.45) is 16.6 Å². The summed E-state index contributed by atoms with van der Waals surface area (Å²) in [7, 11) is 0. The van der Waals surface area contributed by atoms with Crippen molar-refractivity contribution in [3.8, 4) is 0 Å². The van der Waals surface area contributed by atoms with E-state index in [-0.39, 0.29) is 11.3 Å². The SMILES string of the molecule is CC12CCC(CC(=O)Nc3ccc(CCN)cc3)(CC1)CC2. The molecule has 0 radical (unpaired) electrons. The topological polar surface area (TPSA) is 55.1 Å². The highest BCUT2D eigenvalue weighted by Gasteiger charge is 2.46. The van der Waals surface area contributed by atoms with Crippen LogP contribution in [-0.2, 0) is 11.2 Å². The maximum Gasteiger partial charge on any atom is 0.224 e. The summed E-state index contributed by atoms with van der Waals surface area (Å²) < 4.78 is 0. The molecule has 4 rings (SSSR count). The molecule has 3 saturated carbocycles. The molecule has 0 atom stereocenters. The Morgan fingerprint density at radius 3 is 2.23 bits per heavy atom. The van der Waals surface area contributed by atoms with E-state index < -0.39 is 0 Å². The molecule has 3 heteroatoms. The van der Waals surface area contributed by atoms with Crippen LogP contribution in [0.25, 0.3) is 0 Å². The molecule has 2 bridgehead atoms. The number of anilines is 1. The molecule has 0 aromatic heterocycles. The number of carbonyl (C=O) groups excluding carboxylic acids is 1. The lowest BCUT2D eigenvalue weighted by Crippen LogP contribution is -2.41. The number of nitrogens with one attached hydrogen (secondary N) is 1. The third kappa shape index (κ3) is 3.35. The minimum atomic E-state index is 0.178. The zero-order chi connectivity index (χ0) is 15.6. The first-order valence-electron chi connectivity index (χ1n) is 8.62. The summed E-state index contributed by atoms with van der Waals surface area (Å²) in [5.74, 6) is 0.178. The molecule has 1 aromatic rings. The molecule has 22 heavy (non-hydrogen) atoms. The Kier molecular flexibility index (Phi) is 4.26. The highest BCUT2D eigenvalue weighted by atomic mass is 16.1. The predicted molar refractivity (Wildman–Crippen MR) is 90.7 cm³/mol. The summed E-state index contributed by atoms with van der Waals surface area (Å²) in [5.41, 5.74) is 8.52. The Labute approximate surface area is 133 Å². The Hall–Kier alpha value is -1.35. The van der Waals surface area contributed by atoms with E-state index in [1.807, 2.05) is 24.3 Å². The highest BCUT2D eigenvalue weighted by molar-refractivity contribution is 5.91. The van der Waals surface area contributed by atoms with E-state index in [4.69, 9.17) is 5.73 Å². The van der Waals surface area contributed by atoms with Gasteiger partial charge in [-0.2, -0.15) is 0 Å². The average molecular weight is 300 g/mol. The van der Waals surface area contributed by atoms with Crippen molar-refractivity contribution in [3.05, 3.63) is 29.8 Å². The first-order chi connectivity index (χ1) is 10.5. The second-order valence-electron chi connectivity index (χ2n) is 7.77. The summed E-state index contributed by atoms with van der Waals surface area (Å²) in [6.07, 6.45) is 9.16. The molecule has 3 N–H and O–H groups in total. The van der Waals surface area contributed by atoms with E-state index in [1.54, 1.807) is 0 Å². The van der Waals surface area contributed by atoms with Gasteiger partial charge in [0.05, 0.1) is 0 Å². The minimum Gasteiger partial charge on any atom is -0.330 e. The number of benzene rings is 1. The molecule has 3 aliphatic rings. The molecule has 0 heterocycles. The maximum absolute atomic E-state index is 12.4. The lowest BCUT2D eigenvalue weighted by Gasteiger charge is -2.52. The summed E-state index contributed by atoms with van der Waals surface area (Å²) >= 11 is 0. The predicted octanol–water partition coefficient (Wildman–Crippen LogP) is 3.88. The van der Waals surface area contributed by atoms with Crippen LogP contribution in [0.5, 0.6) is 0 Å². The molecule has 3 nitrogen and oxygen atoms in total. The van der Waals surface area contributed by atoms with Crippen molar-refractivity contribution in [2.45, 2.75) is 58.3 Å². The zero-order valence-corrected chi connectivity index (χ0v) is 13.7. The van der Waals surface area contributed by atoms with Crippen molar-refractivity contribution in [1.82, 2.24) is 0 Å². The lowest BCUT2D eigenvalue weighted by molar-refractivity contribution is -0.121. The van der Waals surface area contributed by atoms with Gasteiger partial charge in [0.1, 0.15) is 0 Å². The van der Waals surface area contributed by atoms with E-state index in [9.17, 15) is 4.79 Å². The molecule has 3 fully saturated rings. The minimum absolute atomic E-state index is 0.178. The molecule has 3 aliphatic carbocycles. The van der Waals surface area contributed by atoms with Crippen LogP contribution in [-0.4, -0.2) is 12.5 Å². The van der Waals surface area contributed by atoms with Gasteiger partial charge in [-0.05, 0) is 80.0 Å². The standard InChI is InChI=1S/C19H28N2O/c1-18-7-10-19(11-8-18,12-9-18)14-17(22)21-16-4-2-15(3-5-16)6-13-20/h2-5H,6-14,20H2,1H3,(H,21,22). The quantitative estimate of drug-likeness (QED) is 0.867. The van der Waals surface area contributed by atoms with Crippen molar-refractivity contribution in [3.63, 3.8) is 0 Å². The molecule has 0 unspecified atom stereocenters. The van der Waals surface area contributed by atoms with Crippen LogP contribution in [0.2, 0.25) is 0 Å². The average Bonchev–Trinajstić information content (AvgIpc) is 2.51. The van der Waals surface area contributed by atoms with E-state index in [0.29, 0.717) is 18.4 Å². The monoisotopic (exact) mass is 300 g/mol. The third-order valence-corrected chi connectivity index (χ3v) is 5.98. The Balaban J connectivity index is 1.56. The van der Waals surface area contributed by atoms with Crippen LogP contribution in [0.15, 0.2) is 24.3 Å². The van der Waals surface area contributed by atoms with Crippen molar-refractivity contribution in [1.29, 1.82) is 0 Å². The lowest BCUT2D eigenvalue weighted by atomic mass is 9.53. The van der Waals surface area contributed by atoms with E-state index in [2.05, 4.69) is 12.2 Å². The van der Waals surface area contributed by atoms with Crippen LogP contribution in [0.4, 0.5) is 5.69 Å². The fourth-order valence-electron chi connectivity index (χ4n) is 4.18. The Morgan fingerprint density at radius 2 is 1.68 bits per heavy atom. The fraction of sp³-hybridized carbons (Fsp3) is 0.632. The van der Waals surface area contributed by atoms with Gasteiger partial charge in [0, 0.05) is 12.1 Å². The van der Waals surface area contributed by atoms with Gasteiger partial charge in [0.2, 0.25) is 5.91 Å².